The van der Waals surface area contributed by atoms with Crippen LogP contribution >= 0.6 is 12.4 Å². The predicted molar refractivity (Wildman–Crippen MR) is 132 cm³/mol. The SMILES string of the molecule is Cl.N=C(N)N1CCc2ccc(OCC3CCN(S(=O)(=O)NCc4ccccc4)CC3)cc2C1. The first kappa shape index (κ1) is 25.3. The molecule has 2 heterocycles. The predicted octanol–water partition coefficient (Wildman–Crippen LogP) is 2.49. The average Bonchev–Trinajstić information content (AvgIpc) is 2.82. The highest BCUT2D eigenvalue weighted by Crippen LogP contribution is 2.26. The molecule has 33 heavy (non-hydrogen) atoms. The number of guanidine groups is 1. The summed E-state index contributed by atoms with van der Waals surface area (Å²) in [6.07, 6.45) is 2.42. The number of halogens is 1. The molecule has 2 aliphatic rings. The van der Waals surface area contributed by atoms with Crippen LogP contribution in [0.1, 0.15) is 29.5 Å². The van der Waals surface area contributed by atoms with Gasteiger partial charge in [-0.3, -0.25) is 5.41 Å². The maximum absolute atomic E-state index is 12.6. The number of hydrogen-bond donors (Lipinski definition) is 3. The van der Waals surface area contributed by atoms with Crippen LogP contribution in [0.2, 0.25) is 0 Å². The van der Waals surface area contributed by atoms with Crippen molar-refractivity contribution in [3.05, 3.63) is 65.2 Å². The van der Waals surface area contributed by atoms with Crippen molar-refractivity contribution in [3.8, 4) is 5.75 Å². The molecule has 2 aliphatic heterocycles. The molecule has 2 aromatic rings. The zero-order chi connectivity index (χ0) is 22.6. The third kappa shape index (κ3) is 6.60. The van der Waals surface area contributed by atoms with Crippen molar-refractivity contribution in [3.63, 3.8) is 0 Å². The lowest BCUT2D eigenvalue weighted by atomic mass is 9.98. The number of nitrogens with zero attached hydrogens (tertiary/aromatic N) is 2. The summed E-state index contributed by atoms with van der Waals surface area (Å²) in [4.78, 5) is 1.86. The van der Waals surface area contributed by atoms with E-state index in [0.717, 1.165) is 42.7 Å². The Morgan fingerprint density at radius 2 is 1.82 bits per heavy atom. The van der Waals surface area contributed by atoms with E-state index in [1.807, 2.05) is 47.4 Å². The average molecular weight is 494 g/mol. The van der Waals surface area contributed by atoms with Crippen molar-refractivity contribution in [2.24, 2.45) is 11.7 Å². The van der Waals surface area contributed by atoms with Crippen LogP contribution in [-0.4, -0.2) is 49.8 Å². The van der Waals surface area contributed by atoms with E-state index in [0.29, 0.717) is 38.7 Å². The number of fused-ring (bicyclic) bond motifs is 1. The van der Waals surface area contributed by atoms with Gasteiger partial charge in [-0.25, -0.2) is 0 Å². The van der Waals surface area contributed by atoms with Crippen molar-refractivity contribution in [2.75, 3.05) is 26.2 Å². The summed E-state index contributed by atoms with van der Waals surface area (Å²) in [7, 11) is -3.48. The van der Waals surface area contributed by atoms with Crippen LogP contribution in [0.15, 0.2) is 48.5 Å². The van der Waals surface area contributed by atoms with Gasteiger partial charge in [0.1, 0.15) is 5.75 Å². The highest BCUT2D eigenvalue weighted by Gasteiger charge is 2.28. The molecular weight excluding hydrogens is 462 g/mol. The van der Waals surface area contributed by atoms with Crippen molar-refractivity contribution in [1.82, 2.24) is 13.9 Å². The van der Waals surface area contributed by atoms with E-state index in [4.69, 9.17) is 15.9 Å². The monoisotopic (exact) mass is 493 g/mol. The third-order valence-corrected chi connectivity index (χ3v) is 7.79. The van der Waals surface area contributed by atoms with Gasteiger partial charge in [0.15, 0.2) is 5.96 Å². The lowest BCUT2D eigenvalue weighted by Gasteiger charge is -2.31. The largest absolute Gasteiger partial charge is 0.493 e. The lowest BCUT2D eigenvalue weighted by Crippen LogP contribution is -2.45. The quantitative estimate of drug-likeness (QED) is 0.405. The highest BCUT2D eigenvalue weighted by molar-refractivity contribution is 7.87. The molecule has 0 amide bonds. The number of nitrogens with two attached hydrogens (primary N) is 1. The van der Waals surface area contributed by atoms with Crippen LogP contribution in [0, 0.1) is 11.3 Å². The number of benzene rings is 2. The molecule has 0 aromatic heterocycles. The molecule has 0 aliphatic carbocycles. The lowest BCUT2D eigenvalue weighted by molar-refractivity contribution is 0.184. The minimum Gasteiger partial charge on any atom is -0.493 e. The van der Waals surface area contributed by atoms with Gasteiger partial charge < -0.3 is 15.4 Å². The molecule has 0 radical (unpaired) electrons. The first-order chi connectivity index (χ1) is 15.4. The van der Waals surface area contributed by atoms with Crippen molar-refractivity contribution in [2.45, 2.75) is 32.4 Å². The first-order valence-corrected chi connectivity index (χ1v) is 12.5. The van der Waals surface area contributed by atoms with Crippen LogP contribution in [0.5, 0.6) is 5.75 Å². The maximum Gasteiger partial charge on any atom is 0.279 e. The Morgan fingerprint density at radius 3 is 2.52 bits per heavy atom. The Balaban J connectivity index is 0.00000306. The number of ether oxygens (including phenoxy) is 1. The Hall–Kier alpha value is -2.33. The van der Waals surface area contributed by atoms with Crippen LogP contribution in [0.3, 0.4) is 0 Å². The molecule has 0 unspecified atom stereocenters. The van der Waals surface area contributed by atoms with Crippen molar-refractivity contribution >= 4 is 28.6 Å². The molecule has 4 N–H and O–H groups in total. The number of nitrogens with one attached hydrogen (secondary N) is 2. The van der Waals surface area contributed by atoms with Crippen LogP contribution < -0.4 is 15.2 Å². The van der Waals surface area contributed by atoms with E-state index in [1.165, 1.54) is 9.87 Å². The number of piperidine rings is 1. The summed E-state index contributed by atoms with van der Waals surface area (Å²) in [6, 6.07) is 15.7. The van der Waals surface area contributed by atoms with Crippen LogP contribution in [0.25, 0.3) is 0 Å². The fourth-order valence-electron chi connectivity index (χ4n) is 4.22. The fraction of sp³-hybridized carbons (Fsp3) is 0.435. The summed E-state index contributed by atoms with van der Waals surface area (Å²) < 4.78 is 35.5. The third-order valence-electron chi connectivity index (χ3n) is 6.23. The summed E-state index contributed by atoms with van der Waals surface area (Å²) in [5.74, 6) is 1.23. The van der Waals surface area contributed by atoms with Gasteiger partial charge >= 0.3 is 0 Å². The number of hydrogen-bond acceptors (Lipinski definition) is 4. The van der Waals surface area contributed by atoms with E-state index in [9.17, 15) is 8.42 Å². The minimum atomic E-state index is -3.48. The molecule has 8 nitrogen and oxygen atoms in total. The molecule has 0 atom stereocenters. The molecule has 180 valence electrons. The van der Waals surface area contributed by atoms with Gasteiger partial charge in [0.05, 0.1) is 6.61 Å². The summed E-state index contributed by atoms with van der Waals surface area (Å²) in [5.41, 5.74) is 9.00. The van der Waals surface area contributed by atoms with Gasteiger partial charge in [0.25, 0.3) is 10.2 Å². The molecule has 0 spiro atoms. The Bertz CT molecular complexity index is 1040. The molecular formula is C23H32ClN5O3S. The van der Waals surface area contributed by atoms with Gasteiger partial charge in [-0.2, -0.15) is 17.4 Å². The van der Waals surface area contributed by atoms with Crippen LogP contribution in [0.4, 0.5) is 0 Å². The molecule has 0 bridgehead atoms. The molecule has 10 heteroatoms. The van der Waals surface area contributed by atoms with E-state index in [1.54, 1.807) is 0 Å². The highest BCUT2D eigenvalue weighted by atomic mass is 35.5. The smallest absolute Gasteiger partial charge is 0.279 e. The summed E-state index contributed by atoms with van der Waals surface area (Å²) in [5, 5.41) is 7.65. The second kappa shape index (κ2) is 11.2. The van der Waals surface area contributed by atoms with E-state index < -0.39 is 10.2 Å². The zero-order valence-corrected chi connectivity index (χ0v) is 20.2. The standard InChI is InChI=1S/C23H31N5O3S.ClH/c24-23(25)27-11-10-20-6-7-22(14-21(20)16-27)31-17-19-8-12-28(13-9-19)32(29,30)26-15-18-4-2-1-3-5-18;/h1-7,14,19,26H,8-13,15-17H2,(H3,24,25);1H. The maximum atomic E-state index is 12.6. The molecule has 1 fully saturated rings. The summed E-state index contributed by atoms with van der Waals surface area (Å²) in [6.45, 7) is 3.26. The van der Waals surface area contributed by atoms with E-state index in [2.05, 4.69) is 10.8 Å². The Labute approximate surface area is 202 Å². The van der Waals surface area contributed by atoms with Gasteiger partial charge in [0, 0.05) is 32.7 Å². The van der Waals surface area contributed by atoms with Gasteiger partial charge in [-0.1, -0.05) is 36.4 Å². The first-order valence-electron chi connectivity index (χ1n) is 11.0. The van der Waals surface area contributed by atoms with Crippen molar-refractivity contribution in [1.29, 1.82) is 5.41 Å². The topological polar surface area (TPSA) is 112 Å². The molecule has 1 saturated heterocycles. The second-order valence-corrected chi connectivity index (χ2v) is 10.2. The Morgan fingerprint density at radius 1 is 1.09 bits per heavy atom. The molecule has 0 saturated carbocycles. The molecule has 2 aromatic carbocycles. The van der Waals surface area contributed by atoms with E-state index >= 15 is 0 Å². The van der Waals surface area contributed by atoms with Gasteiger partial charge in [0.2, 0.25) is 0 Å². The number of rotatable bonds is 7. The van der Waals surface area contributed by atoms with Gasteiger partial charge in [-0.05, 0) is 54.0 Å². The molecule has 4 rings (SSSR count). The summed E-state index contributed by atoms with van der Waals surface area (Å²) >= 11 is 0. The van der Waals surface area contributed by atoms with Crippen molar-refractivity contribution < 1.29 is 13.2 Å². The van der Waals surface area contributed by atoms with Crippen LogP contribution in [-0.2, 0) is 29.7 Å². The Kier molecular flexibility index (Phi) is 8.58. The minimum absolute atomic E-state index is 0. The second-order valence-electron chi connectivity index (χ2n) is 8.45. The van der Waals surface area contributed by atoms with E-state index in [-0.39, 0.29) is 18.4 Å². The zero-order valence-electron chi connectivity index (χ0n) is 18.6. The normalized spacial score (nSPS) is 17.2. The fourth-order valence-corrected chi connectivity index (χ4v) is 5.44. The van der Waals surface area contributed by atoms with Gasteiger partial charge in [-0.15, -0.1) is 12.4 Å².